The molecule has 0 saturated carbocycles. The molecule has 8 rings (SSSR count). The molecule has 7 aromatic rings. The Labute approximate surface area is 240 Å². The Morgan fingerprint density at radius 3 is 1.39 bits per heavy atom. The van der Waals surface area contributed by atoms with Gasteiger partial charge in [0.2, 0.25) is 0 Å². The molecule has 0 amide bonds. The Morgan fingerprint density at radius 2 is 0.854 bits per heavy atom. The summed E-state index contributed by atoms with van der Waals surface area (Å²) in [5, 5.41) is 10.3. The van der Waals surface area contributed by atoms with Gasteiger partial charge in [0.1, 0.15) is 0 Å². The molecule has 1 aliphatic rings. The molecule has 0 aromatic heterocycles. The first-order valence-electron chi connectivity index (χ1n) is 14.2. The molecular weight excluding hydrogens is 515 g/mol. The quantitative estimate of drug-likeness (QED) is 0.160. The van der Waals surface area contributed by atoms with Crippen LogP contribution in [0.1, 0.15) is 25.0 Å². The predicted molar refractivity (Wildman–Crippen MR) is 176 cm³/mol. The second-order valence-electron chi connectivity index (χ2n) is 11.7. The van der Waals surface area contributed by atoms with Crippen LogP contribution >= 0.6 is 7.14 Å². The van der Waals surface area contributed by atoms with Crippen molar-refractivity contribution in [3.8, 4) is 11.1 Å². The van der Waals surface area contributed by atoms with Gasteiger partial charge < -0.3 is 4.57 Å². The van der Waals surface area contributed by atoms with Gasteiger partial charge in [0.05, 0.1) is 0 Å². The van der Waals surface area contributed by atoms with Crippen LogP contribution in [0, 0.1) is 0 Å². The van der Waals surface area contributed by atoms with E-state index in [1.165, 1.54) is 54.6 Å². The van der Waals surface area contributed by atoms with Crippen LogP contribution in [-0.2, 0) is 9.98 Å². The van der Waals surface area contributed by atoms with E-state index in [0.29, 0.717) is 0 Å². The SMILES string of the molecule is CC1(C)c2cc(P(=O)(c3ccccc3)c3ccccc3)ccc2-c2cc3c4ccccc4c4ccccc4c3cc21. The standard InChI is InChI=1S/C39H29OP/c1-39(2)37-23-28(41(40,26-13-5-3-6-14-26)27-15-7-4-8-16-27)21-22-33(37)36-24-34-31-19-11-9-17-29(31)30-18-10-12-20-32(30)35(34)25-38(36)39/h3-25H,1-2H3. The molecule has 2 heteroatoms. The summed E-state index contributed by atoms with van der Waals surface area (Å²) in [6.07, 6.45) is 0. The Bertz CT molecular complexity index is 2150. The van der Waals surface area contributed by atoms with Gasteiger partial charge in [0.15, 0.2) is 7.14 Å². The van der Waals surface area contributed by atoms with E-state index < -0.39 is 7.14 Å². The Hall–Kier alpha value is -4.45. The van der Waals surface area contributed by atoms with Gasteiger partial charge in [-0.05, 0) is 72.8 Å². The highest BCUT2D eigenvalue weighted by Gasteiger charge is 2.38. The minimum absolute atomic E-state index is 0.236. The molecule has 0 N–H and O–H groups in total. The molecule has 0 unspecified atom stereocenters. The smallest absolute Gasteiger partial charge is 0.171 e. The molecule has 41 heavy (non-hydrogen) atoms. The minimum atomic E-state index is -3.07. The van der Waals surface area contributed by atoms with Crippen LogP contribution < -0.4 is 15.9 Å². The largest absolute Gasteiger partial charge is 0.309 e. The molecule has 1 nitrogen and oxygen atoms in total. The van der Waals surface area contributed by atoms with Gasteiger partial charge in [-0.2, -0.15) is 0 Å². The first-order chi connectivity index (χ1) is 20.0. The summed E-state index contributed by atoms with van der Waals surface area (Å²) in [5.74, 6) is 0. The average molecular weight is 545 g/mol. The van der Waals surface area contributed by atoms with Crippen LogP contribution in [0.5, 0.6) is 0 Å². The maximum Gasteiger partial charge on any atom is 0.171 e. The summed E-state index contributed by atoms with van der Waals surface area (Å²) in [6, 6.07) is 48.8. The maximum absolute atomic E-state index is 15.2. The van der Waals surface area contributed by atoms with Gasteiger partial charge in [-0.15, -0.1) is 0 Å². The first-order valence-corrected chi connectivity index (χ1v) is 15.9. The molecule has 0 atom stereocenters. The van der Waals surface area contributed by atoms with E-state index in [-0.39, 0.29) is 5.41 Å². The molecule has 0 saturated heterocycles. The zero-order chi connectivity index (χ0) is 27.8. The van der Waals surface area contributed by atoms with Crippen molar-refractivity contribution >= 4 is 55.4 Å². The van der Waals surface area contributed by atoms with Gasteiger partial charge in [-0.3, -0.25) is 0 Å². The minimum Gasteiger partial charge on any atom is -0.309 e. The molecule has 0 heterocycles. The summed E-state index contributed by atoms with van der Waals surface area (Å²) in [6.45, 7) is 4.62. The van der Waals surface area contributed by atoms with E-state index >= 15 is 4.57 Å². The van der Waals surface area contributed by atoms with Crippen LogP contribution in [0.2, 0.25) is 0 Å². The fourth-order valence-corrected chi connectivity index (χ4v) is 9.71. The molecular formula is C39H29OP. The second-order valence-corrected chi connectivity index (χ2v) is 14.4. The van der Waals surface area contributed by atoms with Crippen LogP contribution in [0.4, 0.5) is 0 Å². The van der Waals surface area contributed by atoms with Crippen LogP contribution in [0.25, 0.3) is 43.4 Å². The normalized spacial score (nSPS) is 13.9. The number of fused-ring (bicyclic) bond motifs is 9. The zero-order valence-electron chi connectivity index (χ0n) is 23.1. The van der Waals surface area contributed by atoms with Crippen LogP contribution in [0.3, 0.4) is 0 Å². The van der Waals surface area contributed by atoms with Crippen molar-refractivity contribution in [2.75, 3.05) is 0 Å². The number of rotatable bonds is 3. The van der Waals surface area contributed by atoms with E-state index in [1.807, 2.05) is 60.7 Å². The van der Waals surface area contributed by atoms with Gasteiger partial charge in [-0.1, -0.05) is 135 Å². The average Bonchev–Trinajstić information content (AvgIpc) is 3.26. The summed E-state index contributed by atoms with van der Waals surface area (Å²) in [5.41, 5.74) is 4.84. The van der Waals surface area contributed by atoms with Crippen LogP contribution in [0.15, 0.2) is 140 Å². The Balaban J connectivity index is 1.40. The number of hydrogen-bond acceptors (Lipinski definition) is 1. The number of hydrogen-bond donors (Lipinski definition) is 0. The highest BCUT2D eigenvalue weighted by Crippen LogP contribution is 2.53. The summed E-state index contributed by atoms with van der Waals surface area (Å²) in [7, 11) is -3.07. The monoisotopic (exact) mass is 544 g/mol. The molecule has 0 aliphatic heterocycles. The van der Waals surface area contributed by atoms with Crippen molar-refractivity contribution in [1.29, 1.82) is 0 Å². The third-order valence-electron chi connectivity index (χ3n) is 9.13. The summed E-state index contributed by atoms with van der Waals surface area (Å²) < 4.78 is 15.2. The van der Waals surface area contributed by atoms with Gasteiger partial charge in [0, 0.05) is 21.3 Å². The van der Waals surface area contributed by atoms with Gasteiger partial charge in [0.25, 0.3) is 0 Å². The fourth-order valence-electron chi connectivity index (χ4n) is 7.04. The lowest BCUT2D eigenvalue weighted by atomic mass is 9.81. The lowest BCUT2D eigenvalue weighted by molar-refractivity contribution is 0.592. The van der Waals surface area contributed by atoms with Gasteiger partial charge >= 0.3 is 0 Å². The highest BCUT2D eigenvalue weighted by molar-refractivity contribution is 7.85. The van der Waals surface area contributed by atoms with Crippen molar-refractivity contribution in [1.82, 2.24) is 0 Å². The second kappa shape index (κ2) is 8.77. The third kappa shape index (κ3) is 3.40. The molecule has 0 fully saturated rings. The van der Waals surface area contributed by atoms with Crippen LogP contribution in [-0.4, -0.2) is 0 Å². The molecule has 7 aromatic carbocycles. The van der Waals surface area contributed by atoms with Crippen molar-refractivity contribution < 1.29 is 4.57 Å². The van der Waals surface area contributed by atoms with Crippen molar-refractivity contribution in [2.45, 2.75) is 19.3 Å². The summed E-state index contributed by atoms with van der Waals surface area (Å²) in [4.78, 5) is 0. The van der Waals surface area contributed by atoms with Crippen molar-refractivity contribution in [3.63, 3.8) is 0 Å². The summed E-state index contributed by atoms with van der Waals surface area (Å²) >= 11 is 0. The van der Waals surface area contributed by atoms with Crippen molar-refractivity contribution in [3.05, 3.63) is 151 Å². The lowest BCUT2D eigenvalue weighted by Gasteiger charge is -2.25. The topological polar surface area (TPSA) is 17.1 Å². The molecule has 196 valence electrons. The Morgan fingerprint density at radius 1 is 0.415 bits per heavy atom. The first kappa shape index (κ1) is 24.4. The molecule has 0 bridgehead atoms. The number of benzene rings is 7. The van der Waals surface area contributed by atoms with E-state index in [1.54, 1.807) is 0 Å². The Kier molecular flexibility index (Phi) is 5.21. The van der Waals surface area contributed by atoms with Gasteiger partial charge in [-0.25, -0.2) is 0 Å². The molecule has 1 aliphatic carbocycles. The third-order valence-corrected chi connectivity index (χ3v) is 12.2. The van der Waals surface area contributed by atoms with E-state index in [2.05, 4.69) is 92.7 Å². The van der Waals surface area contributed by atoms with E-state index in [9.17, 15) is 0 Å². The highest BCUT2D eigenvalue weighted by atomic mass is 31.2. The molecule has 0 radical (unpaired) electrons. The lowest BCUT2D eigenvalue weighted by Crippen LogP contribution is -2.26. The fraction of sp³-hybridized carbons (Fsp3) is 0.0769. The zero-order valence-corrected chi connectivity index (χ0v) is 24.0. The van der Waals surface area contributed by atoms with E-state index in [0.717, 1.165) is 15.9 Å². The van der Waals surface area contributed by atoms with Crippen molar-refractivity contribution in [2.24, 2.45) is 0 Å². The molecule has 0 spiro atoms. The predicted octanol–water partition coefficient (Wildman–Crippen LogP) is 9.09. The maximum atomic E-state index is 15.2. The van der Waals surface area contributed by atoms with E-state index in [4.69, 9.17) is 0 Å².